The average Bonchev–Trinajstić information content (AvgIpc) is 2.69. The molecule has 0 aliphatic heterocycles. The fraction of sp³-hybridized carbons (Fsp3) is 0.130. The molecule has 0 aliphatic rings. The van der Waals surface area contributed by atoms with Crippen LogP contribution in [0.3, 0.4) is 0 Å². The summed E-state index contributed by atoms with van der Waals surface area (Å²) in [5.41, 5.74) is 3.74. The molecular formula is C23H21NO3. The summed E-state index contributed by atoms with van der Waals surface area (Å²) in [5.74, 6) is -1.46. The molecule has 0 saturated carbocycles. The number of benzene rings is 3. The van der Waals surface area contributed by atoms with Gasteiger partial charge in [0.1, 0.15) is 0 Å². The van der Waals surface area contributed by atoms with Gasteiger partial charge in [0, 0.05) is 18.0 Å². The second-order valence-electron chi connectivity index (χ2n) is 6.40. The lowest BCUT2D eigenvalue weighted by Gasteiger charge is -2.15. The summed E-state index contributed by atoms with van der Waals surface area (Å²) in [6.45, 7) is 0. The second-order valence-corrected chi connectivity index (χ2v) is 6.40. The van der Waals surface area contributed by atoms with Crippen molar-refractivity contribution in [1.82, 2.24) is 0 Å². The molecule has 27 heavy (non-hydrogen) atoms. The quantitative estimate of drug-likeness (QED) is 0.628. The van der Waals surface area contributed by atoms with E-state index in [9.17, 15) is 9.59 Å². The molecule has 0 aliphatic carbocycles. The Hall–Kier alpha value is -3.40. The largest absolute Gasteiger partial charge is 0.481 e. The Balaban J connectivity index is 1.66. The molecule has 0 fully saturated rings. The molecule has 4 heteroatoms. The highest BCUT2D eigenvalue weighted by Crippen LogP contribution is 2.25. The Bertz CT molecular complexity index is 890. The van der Waals surface area contributed by atoms with E-state index in [0.29, 0.717) is 5.69 Å². The fourth-order valence-electron chi connectivity index (χ4n) is 3.06. The minimum absolute atomic E-state index is 0.0790. The van der Waals surface area contributed by atoms with Crippen molar-refractivity contribution in [2.24, 2.45) is 0 Å². The number of amides is 1. The first kappa shape index (κ1) is 18.4. The van der Waals surface area contributed by atoms with Gasteiger partial charge in [0.05, 0.1) is 6.42 Å². The molecule has 0 aromatic heterocycles. The molecule has 0 heterocycles. The molecule has 4 nitrogen and oxygen atoms in total. The molecule has 0 spiro atoms. The van der Waals surface area contributed by atoms with Gasteiger partial charge in [0.25, 0.3) is 0 Å². The van der Waals surface area contributed by atoms with Crippen molar-refractivity contribution in [1.29, 1.82) is 0 Å². The standard InChI is InChI=1S/C23H21NO3/c25-22(15-20(16-23(26)27)18-9-5-2-6-10-18)24-21-13-11-19(12-14-21)17-7-3-1-4-8-17/h1-14,20H,15-16H2,(H,24,25)(H,26,27)/t20-/m0/s1. The molecule has 3 rings (SSSR count). The third-order valence-corrected chi connectivity index (χ3v) is 4.40. The van der Waals surface area contributed by atoms with Crippen LogP contribution in [0, 0.1) is 0 Å². The molecule has 0 saturated heterocycles. The minimum atomic E-state index is -0.913. The average molecular weight is 359 g/mol. The smallest absolute Gasteiger partial charge is 0.303 e. The second kappa shape index (κ2) is 8.81. The van der Waals surface area contributed by atoms with Gasteiger partial charge in [-0.05, 0) is 28.8 Å². The van der Waals surface area contributed by atoms with Crippen LogP contribution in [0.25, 0.3) is 11.1 Å². The SMILES string of the molecule is O=C(O)C[C@H](CC(=O)Nc1ccc(-c2ccccc2)cc1)c1ccccc1. The van der Waals surface area contributed by atoms with Crippen LogP contribution in [-0.4, -0.2) is 17.0 Å². The summed E-state index contributed by atoms with van der Waals surface area (Å²) in [5, 5.41) is 12.0. The van der Waals surface area contributed by atoms with Crippen molar-refractivity contribution in [3.63, 3.8) is 0 Å². The highest BCUT2D eigenvalue weighted by molar-refractivity contribution is 5.92. The predicted octanol–water partition coefficient (Wildman–Crippen LogP) is 4.94. The van der Waals surface area contributed by atoms with Crippen molar-refractivity contribution in [2.75, 3.05) is 5.32 Å². The highest BCUT2D eigenvalue weighted by atomic mass is 16.4. The normalized spacial score (nSPS) is 11.6. The number of nitrogens with one attached hydrogen (secondary N) is 1. The van der Waals surface area contributed by atoms with Gasteiger partial charge < -0.3 is 10.4 Å². The lowest BCUT2D eigenvalue weighted by molar-refractivity contribution is -0.137. The third kappa shape index (κ3) is 5.28. The maximum atomic E-state index is 12.4. The van der Waals surface area contributed by atoms with Crippen LogP contribution in [0.1, 0.15) is 24.3 Å². The Morgan fingerprint density at radius 2 is 1.30 bits per heavy atom. The van der Waals surface area contributed by atoms with Crippen LogP contribution in [0.5, 0.6) is 0 Å². The van der Waals surface area contributed by atoms with Crippen LogP contribution < -0.4 is 5.32 Å². The van der Waals surface area contributed by atoms with Gasteiger partial charge in [-0.3, -0.25) is 9.59 Å². The van der Waals surface area contributed by atoms with E-state index >= 15 is 0 Å². The maximum absolute atomic E-state index is 12.4. The first-order chi connectivity index (χ1) is 13.1. The van der Waals surface area contributed by atoms with E-state index in [1.165, 1.54) is 0 Å². The number of hydrogen-bond acceptors (Lipinski definition) is 2. The number of carbonyl (C=O) groups excluding carboxylic acids is 1. The van der Waals surface area contributed by atoms with Crippen LogP contribution in [0.4, 0.5) is 5.69 Å². The van der Waals surface area contributed by atoms with Crippen molar-refractivity contribution >= 4 is 17.6 Å². The van der Waals surface area contributed by atoms with Gasteiger partial charge in [-0.15, -0.1) is 0 Å². The van der Waals surface area contributed by atoms with Crippen LogP contribution in [-0.2, 0) is 9.59 Å². The van der Waals surface area contributed by atoms with Crippen LogP contribution in [0.15, 0.2) is 84.9 Å². The molecule has 0 unspecified atom stereocenters. The highest BCUT2D eigenvalue weighted by Gasteiger charge is 2.19. The zero-order valence-electron chi connectivity index (χ0n) is 14.8. The number of anilines is 1. The van der Waals surface area contributed by atoms with E-state index in [0.717, 1.165) is 16.7 Å². The summed E-state index contributed by atoms with van der Waals surface area (Å²) in [6, 6.07) is 26.9. The van der Waals surface area contributed by atoms with E-state index in [1.807, 2.05) is 84.9 Å². The van der Waals surface area contributed by atoms with Crippen LogP contribution >= 0.6 is 0 Å². The molecule has 0 radical (unpaired) electrons. The molecular weight excluding hydrogens is 338 g/mol. The Morgan fingerprint density at radius 3 is 1.89 bits per heavy atom. The van der Waals surface area contributed by atoms with E-state index in [-0.39, 0.29) is 24.7 Å². The Labute approximate surface area is 158 Å². The first-order valence-electron chi connectivity index (χ1n) is 8.84. The molecule has 3 aromatic rings. The van der Waals surface area contributed by atoms with Gasteiger partial charge >= 0.3 is 5.97 Å². The summed E-state index contributed by atoms with van der Waals surface area (Å²) < 4.78 is 0. The number of carboxylic acids is 1. The fourth-order valence-corrected chi connectivity index (χ4v) is 3.06. The van der Waals surface area contributed by atoms with Gasteiger partial charge in [0.15, 0.2) is 0 Å². The zero-order valence-corrected chi connectivity index (χ0v) is 14.8. The predicted molar refractivity (Wildman–Crippen MR) is 107 cm³/mol. The molecule has 0 bridgehead atoms. The van der Waals surface area contributed by atoms with Gasteiger partial charge in [-0.2, -0.15) is 0 Å². The monoisotopic (exact) mass is 359 g/mol. The molecule has 1 amide bonds. The summed E-state index contributed by atoms with van der Waals surface area (Å²) in [7, 11) is 0. The van der Waals surface area contributed by atoms with E-state index in [4.69, 9.17) is 5.11 Å². The van der Waals surface area contributed by atoms with Gasteiger partial charge in [0.2, 0.25) is 5.91 Å². The van der Waals surface area contributed by atoms with E-state index in [2.05, 4.69) is 5.32 Å². The number of aliphatic carboxylic acids is 1. The van der Waals surface area contributed by atoms with Crippen molar-refractivity contribution in [3.8, 4) is 11.1 Å². The number of rotatable bonds is 7. The summed E-state index contributed by atoms with van der Waals surface area (Å²) >= 11 is 0. The summed E-state index contributed by atoms with van der Waals surface area (Å²) in [4.78, 5) is 23.6. The molecule has 2 N–H and O–H groups in total. The summed E-state index contributed by atoms with van der Waals surface area (Å²) in [6.07, 6.45) is 0.0428. The van der Waals surface area contributed by atoms with Crippen molar-refractivity contribution < 1.29 is 14.7 Å². The molecule has 1 atom stereocenters. The minimum Gasteiger partial charge on any atom is -0.481 e. The van der Waals surface area contributed by atoms with Gasteiger partial charge in [-0.25, -0.2) is 0 Å². The van der Waals surface area contributed by atoms with Crippen molar-refractivity contribution in [2.45, 2.75) is 18.8 Å². The number of carboxylic acid groups (broad SMARTS) is 1. The topological polar surface area (TPSA) is 66.4 Å². The van der Waals surface area contributed by atoms with E-state index < -0.39 is 5.97 Å². The zero-order chi connectivity index (χ0) is 19.1. The number of hydrogen-bond donors (Lipinski definition) is 2. The van der Waals surface area contributed by atoms with E-state index in [1.54, 1.807) is 0 Å². The molecule has 136 valence electrons. The van der Waals surface area contributed by atoms with Crippen molar-refractivity contribution in [3.05, 3.63) is 90.5 Å². The first-order valence-corrected chi connectivity index (χ1v) is 8.84. The Morgan fingerprint density at radius 1 is 0.741 bits per heavy atom. The maximum Gasteiger partial charge on any atom is 0.303 e. The Kier molecular flexibility index (Phi) is 6.00. The molecule has 3 aromatic carbocycles. The lowest BCUT2D eigenvalue weighted by atomic mass is 9.92. The lowest BCUT2D eigenvalue weighted by Crippen LogP contribution is -2.17. The van der Waals surface area contributed by atoms with Crippen LogP contribution in [0.2, 0.25) is 0 Å². The van der Waals surface area contributed by atoms with Gasteiger partial charge in [-0.1, -0.05) is 72.8 Å². The third-order valence-electron chi connectivity index (χ3n) is 4.40. The number of carbonyl (C=O) groups is 2.